The van der Waals surface area contributed by atoms with E-state index in [0.717, 1.165) is 22.9 Å². The van der Waals surface area contributed by atoms with E-state index in [9.17, 15) is 0 Å². The van der Waals surface area contributed by atoms with Crippen LogP contribution in [0, 0.1) is 11.8 Å². The van der Waals surface area contributed by atoms with Crippen LogP contribution >= 0.6 is 23.2 Å². The molecule has 0 radical (unpaired) electrons. The van der Waals surface area contributed by atoms with Gasteiger partial charge in [0.15, 0.2) is 0 Å². The molecule has 1 aliphatic carbocycles. The lowest BCUT2D eigenvalue weighted by Gasteiger charge is -2.23. The van der Waals surface area contributed by atoms with Crippen LogP contribution in [0.3, 0.4) is 0 Å². The summed E-state index contributed by atoms with van der Waals surface area (Å²) in [5, 5.41) is 1.42. The van der Waals surface area contributed by atoms with Gasteiger partial charge in [0.2, 0.25) is 0 Å². The van der Waals surface area contributed by atoms with Crippen LogP contribution in [-0.4, -0.2) is 6.04 Å². The molecule has 3 heteroatoms. The third-order valence-electron chi connectivity index (χ3n) is 3.95. The van der Waals surface area contributed by atoms with Crippen LogP contribution in [0.15, 0.2) is 18.2 Å². The van der Waals surface area contributed by atoms with Gasteiger partial charge in [-0.05, 0) is 42.4 Å². The van der Waals surface area contributed by atoms with Crippen LogP contribution in [0.1, 0.15) is 31.7 Å². The van der Waals surface area contributed by atoms with Gasteiger partial charge in [-0.25, -0.2) is 0 Å². The smallest absolute Gasteiger partial charge is 0.0453 e. The highest BCUT2D eigenvalue weighted by Gasteiger charge is 2.28. The molecule has 0 aromatic heterocycles. The standard InChI is InChI=1S/C14H19Cl2N/c1-9-3-2-4-12(9)14(17)7-10-5-6-11(15)8-13(10)16/h5-6,8-9,12,14H,2-4,7,17H2,1H3. The van der Waals surface area contributed by atoms with Gasteiger partial charge in [0, 0.05) is 16.1 Å². The number of halogens is 2. The number of hydrogen-bond acceptors (Lipinski definition) is 1. The molecule has 1 fully saturated rings. The number of nitrogens with two attached hydrogens (primary N) is 1. The van der Waals surface area contributed by atoms with E-state index in [2.05, 4.69) is 6.92 Å². The summed E-state index contributed by atoms with van der Waals surface area (Å²) >= 11 is 12.1. The van der Waals surface area contributed by atoms with E-state index in [4.69, 9.17) is 28.9 Å². The van der Waals surface area contributed by atoms with Crippen molar-refractivity contribution in [1.82, 2.24) is 0 Å². The number of hydrogen-bond donors (Lipinski definition) is 1. The maximum Gasteiger partial charge on any atom is 0.0453 e. The summed E-state index contributed by atoms with van der Waals surface area (Å²) in [6.45, 7) is 2.31. The Morgan fingerprint density at radius 2 is 2.12 bits per heavy atom. The second kappa shape index (κ2) is 5.60. The van der Waals surface area contributed by atoms with Gasteiger partial charge in [-0.15, -0.1) is 0 Å². The van der Waals surface area contributed by atoms with Crippen molar-refractivity contribution in [1.29, 1.82) is 0 Å². The first-order chi connectivity index (χ1) is 8.08. The molecule has 2 rings (SSSR count). The molecular weight excluding hydrogens is 253 g/mol. The van der Waals surface area contributed by atoms with Crippen LogP contribution in [0.5, 0.6) is 0 Å². The minimum absolute atomic E-state index is 0.214. The minimum atomic E-state index is 0.214. The fourth-order valence-corrected chi connectivity index (χ4v) is 3.39. The third-order valence-corrected chi connectivity index (χ3v) is 4.54. The number of rotatable bonds is 3. The van der Waals surface area contributed by atoms with Crippen molar-refractivity contribution in [3.63, 3.8) is 0 Å². The summed E-state index contributed by atoms with van der Waals surface area (Å²) in [4.78, 5) is 0. The first-order valence-electron chi connectivity index (χ1n) is 6.27. The van der Waals surface area contributed by atoms with Gasteiger partial charge in [0.1, 0.15) is 0 Å². The van der Waals surface area contributed by atoms with Crippen molar-refractivity contribution < 1.29 is 0 Å². The Balaban J connectivity index is 2.04. The number of benzene rings is 1. The van der Waals surface area contributed by atoms with E-state index in [1.165, 1.54) is 19.3 Å². The molecule has 1 aliphatic rings. The average Bonchev–Trinajstić information content (AvgIpc) is 2.68. The quantitative estimate of drug-likeness (QED) is 0.872. The highest BCUT2D eigenvalue weighted by atomic mass is 35.5. The highest BCUT2D eigenvalue weighted by molar-refractivity contribution is 6.35. The van der Waals surface area contributed by atoms with Crippen molar-refractivity contribution in [3.8, 4) is 0 Å². The zero-order valence-electron chi connectivity index (χ0n) is 10.1. The molecule has 1 aromatic rings. The van der Waals surface area contributed by atoms with Crippen molar-refractivity contribution in [2.75, 3.05) is 0 Å². The molecular formula is C14H19Cl2N. The Kier molecular flexibility index (Phi) is 4.35. The van der Waals surface area contributed by atoms with Gasteiger partial charge in [-0.2, -0.15) is 0 Å². The molecule has 0 heterocycles. The summed E-state index contributed by atoms with van der Waals surface area (Å²) in [5.74, 6) is 1.39. The Morgan fingerprint density at radius 3 is 2.71 bits per heavy atom. The van der Waals surface area contributed by atoms with E-state index < -0.39 is 0 Å². The molecule has 1 nitrogen and oxygen atoms in total. The SMILES string of the molecule is CC1CCCC1C(N)Cc1ccc(Cl)cc1Cl. The fraction of sp³-hybridized carbons (Fsp3) is 0.571. The van der Waals surface area contributed by atoms with Crippen LogP contribution in [0.4, 0.5) is 0 Å². The molecule has 1 saturated carbocycles. The normalized spacial score (nSPS) is 26.1. The van der Waals surface area contributed by atoms with E-state index in [1.807, 2.05) is 12.1 Å². The Hall–Kier alpha value is -0.240. The van der Waals surface area contributed by atoms with Crippen LogP contribution < -0.4 is 5.73 Å². The van der Waals surface area contributed by atoms with Gasteiger partial charge in [0.25, 0.3) is 0 Å². The van der Waals surface area contributed by atoms with Crippen molar-refractivity contribution in [2.45, 2.75) is 38.6 Å². The molecule has 0 spiro atoms. The lowest BCUT2D eigenvalue weighted by atomic mass is 9.87. The van der Waals surface area contributed by atoms with Gasteiger partial charge in [-0.3, -0.25) is 0 Å². The fourth-order valence-electron chi connectivity index (χ4n) is 2.90. The Labute approximate surface area is 113 Å². The van der Waals surface area contributed by atoms with Crippen LogP contribution in [0.25, 0.3) is 0 Å². The summed E-state index contributed by atoms with van der Waals surface area (Å²) in [6, 6.07) is 5.88. The zero-order valence-corrected chi connectivity index (χ0v) is 11.6. The molecule has 0 amide bonds. The van der Waals surface area contributed by atoms with Crippen molar-refractivity contribution in [2.24, 2.45) is 17.6 Å². The monoisotopic (exact) mass is 271 g/mol. The van der Waals surface area contributed by atoms with Gasteiger partial charge < -0.3 is 5.73 Å². The van der Waals surface area contributed by atoms with Crippen LogP contribution in [-0.2, 0) is 6.42 Å². The van der Waals surface area contributed by atoms with E-state index in [-0.39, 0.29) is 6.04 Å². The molecule has 1 aromatic carbocycles. The molecule has 2 N–H and O–H groups in total. The maximum absolute atomic E-state index is 6.32. The van der Waals surface area contributed by atoms with Gasteiger partial charge >= 0.3 is 0 Å². The summed E-state index contributed by atoms with van der Waals surface area (Å²) in [5.41, 5.74) is 7.43. The van der Waals surface area contributed by atoms with E-state index in [1.54, 1.807) is 6.07 Å². The van der Waals surface area contributed by atoms with E-state index >= 15 is 0 Å². The Morgan fingerprint density at radius 1 is 1.35 bits per heavy atom. The maximum atomic E-state index is 6.32. The Bertz CT molecular complexity index is 392. The zero-order chi connectivity index (χ0) is 12.4. The lowest BCUT2D eigenvalue weighted by molar-refractivity contribution is 0.343. The second-order valence-electron chi connectivity index (χ2n) is 5.18. The molecule has 0 aliphatic heterocycles. The summed E-state index contributed by atoms with van der Waals surface area (Å²) in [7, 11) is 0. The average molecular weight is 272 g/mol. The van der Waals surface area contributed by atoms with Crippen molar-refractivity contribution in [3.05, 3.63) is 33.8 Å². The van der Waals surface area contributed by atoms with Crippen LogP contribution in [0.2, 0.25) is 10.0 Å². The topological polar surface area (TPSA) is 26.0 Å². The predicted molar refractivity (Wildman–Crippen MR) is 74.6 cm³/mol. The summed E-state index contributed by atoms with van der Waals surface area (Å²) in [6.07, 6.45) is 4.74. The van der Waals surface area contributed by atoms with Gasteiger partial charge in [0.05, 0.1) is 0 Å². The predicted octanol–water partition coefficient (Wildman–Crippen LogP) is 4.30. The first-order valence-corrected chi connectivity index (χ1v) is 7.03. The third kappa shape index (κ3) is 3.15. The molecule has 0 bridgehead atoms. The molecule has 3 atom stereocenters. The molecule has 94 valence electrons. The van der Waals surface area contributed by atoms with Gasteiger partial charge in [-0.1, -0.05) is 49.0 Å². The minimum Gasteiger partial charge on any atom is -0.327 e. The molecule has 3 unspecified atom stereocenters. The first kappa shape index (κ1) is 13.2. The lowest BCUT2D eigenvalue weighted by Crippen LogP contribution is -2.33. The highest BCUT2D eigenvalue weighted by Crippen LogP contribution is 2.34. The van der Waals surface area contributed by atoms with Crippen molar-refractivity contribution >= 4 is 23.2 Å². The molecule has 17 heavy (non-hydrogen) atoms. The second-order valence-corrected chi connectivity index (χ2v) is 6.02. The largest absolute Gasteiger partial charge is 0.327 e. The summed E-state index contributed by atoms with van der Waals surface area (Å²) < 4.78 is 0. The molecule has 0 saturated heterocycles. The van der Waals surface area contributed by atoms with E-state index in [0.29, 0.717) is 10.9 Å².